The maximum Gasteiger partial charge on any atom is 0.0557 e. The van der Waals surface area contributed by atoms with E-state index in [1.807, 2.05) is 0 Å². The third-order valence-electron chi connectivity index (χ3n) is 18.1. The molecular formula is C72H88N2. The molecule has 5 aromatic rings. The van der Waals surface area contributed by atoms with E-state index in [1.165, 1.54) is 78.9 Å². The van der Waals surface area contributed by atoms with Crippen molar-refractivity contribution in [1.29, 1.82) is 0 Å². The van der Waals surface area contributed by atoms with E-state index in [4.69, 9.17) is 13.2 Å². The SMILES string of the molecule is C=C(/C=C\C(C)(c1ccccc1)C(C)(C)C)N(c1cc2c(cc1C)C(C)(C)CCC2(C)C)c1cc(C)cc2c1\C=C/C(/C=C\C(C)=C(/C)c1ccccc1C)=C\C(=C)N2c1cc2c(cc1C)C(C)(C)CCC2(C)C. The highest BCUT2D eigenvalue weighted by molar-refractivity contribution is 5.92. The molecule has 0 aromatic heterocycles. The van der Waals surface area contributed by atoms with E-state index in [-0.39, 0.29) is 32.5 Å². The van der Waals surface area contributed by atoms with Gasteiger partial charge in [-0.15, -0.1) is 0 Å². The lowest BCUT2D eigenvalue weighted by molar-refractivity contribution is 0.258. The molecule has 0 radical (unpaired) electrons. The average Bonchev–Trinajstić information content (AvgIpc) is 3.32. The lowest BCUT2D eigenvalue weighted by atomic mass is 9.62. The zero-order chi connectivity index (χ0) is 54.1. The maximum atomic E-state index is 5.08. The molecule has 0 amide bonds. The zero-order valence-electron chi connectivity index (χ0n) is 48.8. The molecule has 8 rings (SSSR count). The van der Waals surface area contributed by atoms with Gasteiger partial charge in [0.05, 0.1) is 11.4 Å². The molecule has 1 heterocycles. The van der Waals surface area contributed by atoms with E-state index in [0.29, 0.717) is 0 Å². The molecule has 2 heteroatoms. The molecule has 1 unspecified atom stereocenters. The zero-order valence-corrected chi connectivity index (χ0v) is 48.8. The Labute approximate surface area is 449 Å². The van der Waals surface area contributed by atoms with E-state index in [2.05, 4.69) is 268 Å². The molecule has 0 fully saturated rings. The lowest BCUT2D eigenvalue weighted by Crippen LogP contribution is -2.35. The standard InChI is InChI=1S/C72H88N2/c1-47-40-65(73(52(6)34-35-72(20,67(9,10)11)56-27-22-21-23-28-56)63-45-61-59(42-50(63)4)68(12,13)36-38-70(61,16)17)58-33-32-55(31-30-48(2)54(8)57-29-25-24-26-49(57)3)44-53(7)74(66(58)41-47)64-46-62-60(43-51(64)5)69(14,15)37-39-71(62,18)19/h21-35,40-46H,6-7,36-39H2,1-5,8-20H3/b31-30-,33-32-,35-34-,54-48+,55-44-. The Kier molecular flexibility index (Phi) is 14.3. The molecule has 5 aromatic carbocycles. The van der Waals surface area contributed by atoms with Gasteiger partial charge in [0.25, 0.3) is 0 Å². The number of nitrogens with zero attached hydrogens (tertiary/aromatic N) is 2. The quantitative estimate of drug-likeness (QED) is 0.129. The van der Waals surface area contributed by atoms with Gasteiger partial charge in [-0.1, -0.05) is 193 Å². The Bertz CT molecular complexity index is 3200. The summed E-state index contributed by atoms with van der Waals surface area (Å²) in [5.41, 5.74) is 24.1. The summed E-state index contributed by atoms with van der Waals surface area (Å²) >= 11 is 0. The predicted molar refractivity (Wildman–Crippen MR) is 325 cm³/mol. The number of hydrogen-bond acceptors (Lipinski definition) is 2. The largest absolute Gasteiger partial charge is 0.310 e. The highest BCUT2D eigenvalue weighted by Crippen LogP contribution is 2.53. The fraction of sp³-hybridized carbons (Fsp3) is 0.389. The summed E-state index contributed by atoms with van der Waals surface area (Å²) in [6.07, 6.45) is 20.8. The van der Waals surface area contributed by atoms with Gasteiger partial charge in [0, 0.05) is 33.7 Å². The maximum absolute atomic E-state index is 5.08. The van der Waals surface area contributed by atoms with E-state index in [0.717, 1.165) is 58.9 Å². The molecule has 0 bridgehead atoms. The average molecular weight is 982 g/mol. The van der Waals surface area contributed by atoms with Gasteiger partial charge in [-0.25, -0.2) is 0 Å². The van der Waals surface area contributed by atoms with Crippen LogP contribution in [0.4, 0.5) is 22.7 Å². The monoisotopic (exact) mass is 981 g/mol. The fourth-order valence-corrected chi connectivity index (χ4v) is 12.1. The van der Waals surface area contributed by atoms with E-state index >= 15 is 0 Å². The van der Waals surface area contributed by atoms with Gasteiger partial charge < -0.3 is 9.80 Å². The van der Waals surface area contributed by atoms with Crippen LogP contribution < -0.4 is 9.80 Å². The second kappa shape index (κ2) is 19.5. The van der Waals surface area contributed by atoms with E-state index in [9.17, 15) is 0 Å². The number of fused-ring (bicyclic) bond motifs is 3. The van der Waals surface area contributed by atoms with E-state index in [1.54, 1.807) is 0 Å². The van der Waals surface area contributed by atoms with Gasteiger partial charge in [-0.3, -0.25) is 0 Å². The van der Waals surface area contributed by atoms with Gasteiger partial charge in [0.15, 0.2) is 0 Å². The molecule has 2 nitrogen and oxygen atoms in total. The number of aryl methyl sites for hydroxylation is 4. The van der Waals surface area contributed by atoms with Gasteiger partial charge in [0.2, 0.25) is 0 Å². The second-order valence-corrected chi connectivity index (χ2v) is 26.4. The molecule has 0 saturated heterocycles. The predicted octanol–water partition coefficient (Wildman–Crippen LogP) is 20.5. The van der Waals surface area contributed by atoms with Gasteiger partial charge >= 0.3 is 0 Å². The summed E-state index contributed by atoms with van der Waals surface area (Å²) in [6, 6.07) is 34.5. The third kappa shape index (κ3) is 10.1. The first-order valence-electron chi connectivity index (χ1n) is 27.5. The number of anilines is 4. The van der Waals surface area contributed by atoms with Crippen LogP contribution in [0, 0.1) is 33.1 Å². The van der Waals surface area contributed by atoms with Crippen LogP contribution in [0.25, 0.3) is 11.6 Å². The molecule has 1 aliphatic heterocycles. The minimum atomic E-state index is -0.294. The fourth-order valence-electron chi connectivity index (χ4n) is 12.1. The van der Waals surface area contributed by atoms with Crippen molar-refractivity contribution in [3.63, 3.8) is 0 Å². The Balaban J connectivity index is 1.42. The Morgan fingerprint density at radius 2 is 1.14 bits per heavy atom. The normalized spacial score (nSPS) is 20.1. The van der Waals surface area contributed by atoms with Crippen LogP contribution in [-0.2, 0) is 27.1 Å². The molecule has 74 heavy (non-hydrogen) atoms. The van der Waals surface area contributed by atoms with Crippen LogP contribution >= 0.6 is 0 Å². The summed E-state index contributed by atoms with van der Waals surface area (Å²) in [5.74, 6) is 0. The van der Waals surface area contributed by atoms with Crippen molar-refractivity contribution in [1.82, 2.24) is 0 Å². The Morgan fingerprint density at radius 3 is 1.72 bits per heavy atom. The van der Waals surface area contributed by atoms with Crippen molar-refractivity contribution in [2.75, 3.05) is 9.80 Å². The first-order chi connectivity index (χ1) is 34.5. The first kappa shape index (κ1) is 54.2. The minimum absolute atomic E-state index is 0.00657. The number of allylic oxidation sites excluding steroid dienone is 9. The Hall–Kier alpha value is -6.12. The summed E-state index contributed by atoms with van der Waals surface area (Å²) < 4.78 is 0. The topological polar surface area (TPSA) is 6.48 Å². The molecular weight excluding hydrogens is 893 g/mol. The summed E-state index contributed by atoms with van der Waals surface area (Å²) in [5, 5.41) is 0. The minimum Gasteiger partial charge on any atom is -0.310 e. The van der Waals surface area contributed by atoms with Crippen LogP contribution in [0.1, 0.15) is 184 Å². The molecule has 3 aliphatic rings. The lowest BCUT2D eigenvalue weighted by Gasteiger charge is -2.44. The molecule has 0 spiro atoms. The number of hydrogen-bond donors (Lipinski definition) is 0. The van der Waals surface area contributed by atoms with Crippen molar-refractivity contribution in [3.8, 4) is 0 Å². The first-order valence-corrected chi connectivity index (χ1v) is 27.5. The van der Waals surface area contributed by atoms with Crippen LogP contribution in [-0.4, -0.2) is 0 Å². The number of rotatable bonds is 10. The smallest absolute Gasteiger partial charge is 0.0557 e. The molecule has 2 aliphatic carbocycles. The van der Waals surface area contributed by atoms with Crippen molar-refractivity contribution in [3.05, 3.63) is 224 Å². The summed E-state index contributed by atoms with van der Waals surface area (Å²) in [7, 11) is 0. The van der Waals surface area contributed by atoms with E-state index < -0.39 is 0 Å². The highest BCUT2D eigenvalue weighted by Gasteiger charge is 2.41. The van der Waals surface area contributed by atoms with Gasteiger partial charge in [0.1, 0.15) is 0 Å². The third-order valence-corrected chi connectivity index (χ3v) is 18.1. The van der Waals surface area contributed by atoms with Crippen LogP contribution in [0.15, 0.2) is 163 Å². The van der Waals surface area contributed by atoms with Gasteiger partial charge in [-0.2, -0.15) is 0 Å². The second-order valence-electron chi connectivity index (χ2n) is 26.4. The van der Waals surface area contributed by atoms with Crippen molar-refractivity contribution >= 4 is 34.4 Å². The summed E-state index contributed by atoms with van der Waals surface area (Å²) in [4.78, 5) is 4.95. The van der Waals surface area contributed by atoms with Crippen molar-refractivity contribution < 1.29 is 0 Å². The van der Waals surface area contributed by atoms with Crippen LogP contribution in [0.2, 0.25) is 0 Å². The van der Waals surface area contributed by atoms with Crippen LogP contribution in [0.3, 0.4) is 0 Å². The molecule has 386 valence electrons. The van der Waals surface area contributed by atoms with Crippen LogP contribution in [0.5, 0.6) is 0 Å². The van der Waals surface area contributed by atoms with Crippen molar-refractivity contribution in [2.24, 2.45) is 5.41 Å². The molecule has 0 N–H and O–H groups in total. The molecule has 1 atom stereocenters. The molecule has 0 saturated carbocycles. The highest BCUT2D eigenvalue weighted by atomic mass is 15.2. The summed E-state index contributed by atoms with van der Waals surface area (Å²) in [6.45, 7) is 52.5. The Morgan fingerprint density at radius 1 is 0.595 bits per heavy atom. The van der Waals surface area contributed by atoms with Crippen molar-refractivity contribution in [2.45, 2.75) is 177 Å². The van der Waals surface area contributed by atoms with Gasteiger partial charge in [-0.05, 0) is 203 Å². The number of benzene rings is 5.